The summed E-state index contributed by atoms with van der Waals surface area (Å²) in [7, 11) is 0. The number of hydrogen-bond acceptors (Lipinski definition) is 8. The number of nitrogens with zero attached hydrogens (tertiary/aromatic N) is 1. The van der Waals surface area contributed by atoms with Crippen LogP contribution in [0.1, 0.15) is 91.5 Å². The third-order valence-corrected chi connectivity index (χ3v) is 22.3. The van der Waals surface area contributed by atoms with Crippen molar-refractivity contribution in [2.75, 3.05) is 24.1 Å². The Kier molecular flexibility index (Phi) is 8.68. The molecule has 3 aliphatic carbocycles. The normalized spacial score (nSPS) is 43.2. The summed E-state index contributed by atoms with van der Waals surface area (Å²) in [5.41, 5.74) is 0.798. The van der Waals surface area contributed by atoms with Gasteiger partial charge in [0.05, 0.1) is 0 Å². The number of carbonyl (C=O) groups excluding carboxylic acids is 2. The SMILES string of the molecule is CC(=O)OC(C1CCC2C(O1)C(=O)C1C3CCC4C(C)(C)C(OC5CN(Cc6ccccc6)CCO5)CCC45CC35CCI21)C(C)(C)O. The fourth-order valence-corrected chi connectivity index (χ4v) is 21.8. The molecule has 1 aromatic rings. The van der Waals surface area contributed by atoms with Crippen LogP contribution in [0.3, 0.4) is 0 Å². The van der Waals surface area contributed by atoms with Crippen LogP contribution < -0.4 is 0 Å². The molecule has 0 radical (unpaired) electrons. The van der Waals surface area contributed by atoms with Gasteiger partial charge in [-0.1, -0.05) is 30.3 Å². The molecule has 7 fully saturated rings. The number of benzene rings is 1. The summed E-state index contributed by atoms with van der Waals surface area (Å²) in [6.07, 6.45) is 7.31. The van der Waals surface area contributed by atoms with Gasteiger partial charge in [-0.3, -0.25) is 0 Å². The molecule has 0 amide bonds. The number of ketones is 1. The van der Waals surface area contributed by atoms with Gasteiger partial charge in [-0.15, -0.1) is 0 Å². The van der Waals surface area contributed by atoms with Gasteiger partial charge >= 0.3 is 259 Å². The van der Waals surface area contributed by atoms with Crippen LogP contribution in [0.5, 0.6) is 0 Å². The number of rotatable bonds is 7. The fraction of sp³-hybridized carbons (Fsp3) is 0.795. The molecule has 9 heteroatoms. The van der Waals surface area contributed by atoms with E-state index < -0.39 is 43.6 Å². The Morgan fingerprint density at radius 3 is 2.65 bits per heavy atom. The van der Waals surface area contributed by atoms with Gasteiger partial charge in [-0.2, -0.15) is 0 Å². The Labute approximate surface area is 293 Å². The quantitative estimate of drug-likeness (QED) is 0.207. The maximum absolute atomic E-state index is 14.4. The van der Waals surface area contributed by atoms with Crippen molar-refractivity contribution >= 4 is 31.6 Å². The third-order valence-electron chi connectivity index (χ3n) is 13.9. The minimum atomic E-state index is -1.60. The summed E-state index contributed by atoms with van der Waals surface area (Å²) >= 11 is -1.60. The molecule has 0 aromatic heterocycles. The van der Waals surface area contributed by atoms with E-state index in [1.54, 1.807) is 13.8 Å². The van der Waals surface area contributed by atoms with Gasteiger partial charge in [0.2, 0.25) is 0 Å². The molecule has 4 heterocycles. The zero-order valence-electron chi connectivity index (χ0n) is 29.5. The second-order valence-electron chi connectivity index (χ2n) is 17.3. The van der Waals surface area contributed by atoms with Crippen molar-refractivity contribution in [3.63, 3.8) is 0 Å². The molecule has 0 bridgehead atoms. The van der Waals surface area contributed by atoms with Crippen LogP contribution >= 0.6 is 19.8 Å². The van der Waals surface area contributed by atoms with Crippen molar-refractivity contribution < 1.29 is 33.6 Å². The maximum atomic E-state index is 14.4. The molecule has 11 atom stereocenters. The summed E-state index contributed by atoms with van der Waals surface area (Å²) in [6, 6.07) is 10.7. The van der Waals surface area contributed by atoms with Crippen LogP contribution in [-0.2, 0) is 35.1 Å². The monoisotopic (exact) mass is 777 g/mol. The molecule has 1 aromatic carbocycles. The standard InChI is InChI=1S/C39H56INO7/c1-24(42)46-35(37(4,5)44)28-13-12-27-34(47-28)33(43)32-26-11-14-29-36(2,3)30(15-16-39(29)23-38(26,39)17-18-40(27)32)48-31-22-41(19-20-45-31)21-25-9-7-6-8-10-25/h6-10,26-32,34-35,44H,11-23H2,1-5H3. The Morgan fingerprint density at radius 2 is 1.90 bits per heavy atom. The first kappa shape index (κ1) is 34.0. The molecule has 266 valence electrons. The van der Waals surface area contributed by atoms with E-state index in [0.717, 1.165) is 45.3 Å². The van der Waals surface area contributed by atoms with Crippen LogP contribution in [0.2, 0.25) is 0 Å². The van der Waals surface area contributed by atoms with Crippen LogP contribution in [0.25, 0.3) is 0 Å². The van der Waals surface area contributed by atoms with Crippen molar-refractivity contribution in [2.45, 2.75) is 137 Å². The van der Waals surface area contributed by atoms with Crippen molar-refractivity contribution in [3.8, 4) is 0 Å². The summed E-state index contributed by atoms with van der Waals surface area (Å²) in [5, 5.41) is 10.9. The van der Waals surface area contributed by atoms with E-state index in [0.29, 0.717) is 39.0 Å². The summed E-state index contributed by atoms with van der Waals surface area (Å²) in [4.78, 5) is 28.8. The van der Waals surface area contributed by atoms with Gasteiger partial charge in [0.25, 0.3) is 0 Å². The molecule has 4 aliphatic heterocycles. The van der Waals surface area contributed by atoms with E-state index in [-0.39, 0.29) is 27.8 Å². The molecule has 48 heavy (non-hydrogen) atoms. The van der Waals surface area contributed by atoms with Crippen molar-refractivity contribution in [1.29, 1.82) is 0 Å². The predicted molar refractivity (Wildman–Crippen MR) is 191 cm³/mol. The minimum absolute atomic E-state index is 0.0559. The molecule has 8 rings (SSSR count). The molecule has 11 unspecified atom stereocenters. The van der Waals surface area contributed by atoms with Gasteiger partial charge in [0.1, 0.15) is 0 Å². The van der Waals surface area contributed by atoms with E-state index in [1.165, 1.54) is 42.6 Å². The molecule has 7 aliphatic rings. The number of carbonyl (C=O) groups is 2. The number of esters is 1. The van der Waals surface area contributed by atoms with Gasteiger partial charge in [-0.25, -0.2) is 0 Å². The van der Waals surface area contributed by atoms with E-state index in [1.807, 2.05) is 0 Å². The van der Waals surface area contributed by atoms with Crippen molar-refractivity contribution in [1.82, 2.24) is 4.90 Å². The molecule has 1 N–H and O–H groups in total. The Hall–Kier alpha value is -1.11. The van der Waals surface area contributed by atoms with Crippen molar-refractivity contribution in [3.05, 3.63) is 35.9 Å². The zero-order chi connectivity index (χ0) is 33.6. The van der Waals surface area contributed by atoms with E-state index >= 15 is 0 Å². The van der Waals surface area contributed by atoms with Gasteiger partial charge in [0.15, 0.2) is 0 Å². The summed E-state index contributed by atoms with van der Waals surface area (Å²) < 4.78 is 27.2. The predicted octanol–water partition coefficient (Wildman–Crippen LogP) is 5.93. The zero-order valence-corrected chi connectivity index (χ0v) is 31.7. The molecular formula is C39H56INO7. The second-order valence-corrected chi connectivity index (χ2v) is 23.8. The number of hydrogen-bond donors (Lipinski definition) is 1. The molecule has 2 spiro atoms. The first-order chi connectivity index (χ1) is 22.8. The molecule has 4 saturated heterocycles. The van der Waals surface area contributed by atoms with E-state index in [4.69, 9.17) is 18.9 Å². The summed E-state index contributed by atoms with van der Waals surface area (Å²) in [5.74, 6) is 1.06. The second kappa shape index (κ2) is 12.2. The number of Topliss-reactive ketones (excluding diaryl/α,β-unsaturated/α-hetero) is 1. The first-order valence-electron chi connectivity index (χ1n) is 18.6. The number of alkyl halides is 3. The topological polar surface area (TPSA) is 94.5 Å². The number of fused-ring (bicyclic) bond motifs is 4. The van der Waals surface area contributed by atoms with E-state index in [2.05, 4.69) is 49.1 Å². The number of ether oxygens (including phenoxy) is 4. The Morgan fingerprint density at radius 1 is 1.10 bits per heavy atom. The number of morpholine rings is 1. The van der Waals surface area contributed by atoms with Gasteiger partial charge in [-0.05, 0) is 5.56 Å². The fourth-order valence-electron chi connectivity index (χ4n) is 11.9. The van der Waals surface area contributed by atoms with Crippen LogP contribution in [0, 0.1) is 28.1 Å². The Bertz CT molecular complexity index is 1400. The average molecular weight is 778 g/mol. The van der Waals surface area contributed by atoms with Crippen LogP contribution in [0.15, 0.2) is 30.3 Å². The van der Waals surface area contributed by atoms with E-state index in [9.17, 15) is 14.7 Å². The van der Waals surface area contributed by atoms with Crippen LogP contribution in [-0.4, -0.2) is 90.0 Å². The summed E-state index contributed by atoms with van der Waals surface area (Å²) in [6.45, 7) is 13.0. The van der Waals surface area contributed by atoms with Crippen LogP contribution in [0.4, 0.5) is 0 Å². The Balaban J connectivity index is 0.949. The average Bonchev–Trinajstić information content (AvgIpc) is 3.62. The number of aliphatic hydroxyl groups is 1. The van der Waals surface area contributed by atoms with Crippen molar-refractivity contribution in [2.24, 2.45) is 28.1 Å². The molecule has 3 saturated carbocycles. The first-order valence-corrected chi connectivity index (χ1v) is 22.6. The number of halogens is 1. The van der Waals surface area contributed by atoms with Gasteiger partial charge < -0.3 is 0 Å². The molecular weight excluding hydrogens is 721 g/mol. The third kappa shape index (κ3) is 5.46. The molecule has 8 nitrogen and oxygen atoms in total. The van der Waals surface area contributed by atoms with Gasteiger partial charge in [0, 0.05) is 0 Å².